The summed E-state index contributed by atoms with van der Waals surface area (Å²) in [6.07, 6.45) is 1.02. The summed E-state index contributed by atoms with van der Waals surface area (Å²) in [4.78, 5) is 2.11. The quantitative estimate of drug-likeness (QED) is 0.411. The van der Waals surface area contributed by atoms with Crippen LogP contribution in [0.25, 0.3) is 0 Å². The molecule has 0 aromatic carbocycles. The van der Waals surface area contributed by atoms with Gasteiger partial charge in [0.2, 0.25) is 0 Å². The first-order chi connectivity index (χ1) is 4.70. The molecule has 4 heteroatoms. The highest BCUT2D eigenvalue weighted by molar-refractivity contribution is 6.36. The molecule has 0 bridgehead atoms. The van der Waals surface area contributed by atoms with Gasteiger partial charge >= 0.3 is 0 Å². The van der Waals surface area contributed by atoms with Gasteiger partial charge in [-0.05, 0) is 20.3 Å². The van der Waals surface area contributed by atoms with Crippen LogP contribution in [0.5, 0.6) is 0 Å². The molecular formula is C6H15NO2Si. The first kappa shape index (κ1) is 10.1. The molecule has 0 aromatic heterocycles. The predicted molar refractivity (Wildman–Crippen MR) is 42.1 cm³/mol. The van der Waals surface area contributed by atoms with E-state index in [1.165, 1.54) is 0 Å². The number of nitrogens with zero attached hydrogens (tertiary/aromatic N) is 1. The molecule has 0 fully saturated rings. The van der Waals surface area contributed by atoms with Crippen molar-refractivity contribution in [3.63, 3.8) is 0 Å². The molecule has 0 aromatic rings. The zero-order valence-corrected chi connectivity index (χ0v) is 8.05. The van der Waals surface area contributed by atoms with Crippen molar-refractivity contribution < 1.29 is 9.47 Å². The molecule has 0 aliphatic carbocycles. The van der Waals surface area contributed by atoms with Crippen LogP contribution in [-0.4, -0.2) is 54.8 Å². The predicted octanol–water partition coefficient (Wildman–Crippen LogP) is -0.214. The first-order valence-corrected chi connectivity index (χ1v) is 4.43. The number of rotatable bonds is 5. The van der Waals surface area contributed by atoms with Crippen molar-refractivity contribution in [3.05, 3.63) is 0 Å². The summed E-state index contributed by atoms with van der Waals surface area (Å²) in [6.45, 7) is 0. The molecular weight excluding hydrogens is 146 g/mol. The fourth-order valence-electron chi connectivity index (χ4n) is 0.520. The molecule has 10 heavy (non-hydrogen) atoms. The van der Waals surface area contributed by atoms with Crippen LogP contribution in [0.15, 0.2) is 0 Å². The minimum atomic E-state index is -0.0256. The molecule has 0 aliphatic heterocycles. The molecule has 0 rings (SSSR count). The van der Waals surface area contributed by atoms with Gasteiger partial charge in [-0.15, -0.1) is 0 Å². The third-order valence-corrected chi connectivity index (χ3v) is 2.62. The maximum atomic E-state index is 5.01. The summed E-state index contributed by atoms with van der Waals surface area (Å²) in [6, 6.07) is 0. The smallest absolute Gasteiger partial charge is 0.137 e. The molecule has 0 aliphatic rings. The van der Waals surface area contributed by atoms with E-state index in [1.807, 2.05) is 14.1 Å². The molecule has 0 saturated carbocycles. The molecule has 0 N–H and O–H groups in total. The van der Waals surface area contributed by atoms with Crippen molar-refractivity contribution in [1.29, 1.82) is 0 Å². The van der Waals surface area contributed by atoms with Crippen LogP contribution in [0.1, 0.15) is 0 Å². The van der Waals surface area contributed by atoms with E-state index < -0.39 is 0 Å². The maximum Gasteiger partial charge on any atom is 0.137 e. The van der Waals surface area contributed by atoms with E-state index in [2.05, 4.69) is 4.90 Å². The lowest BCUT2D eigenvalue weighted by Crippen LogP contribution is -2.30. The first-order valence-electron chi connectivity index (χ1n) is 3.14. The minimum Gasteiger partial charge on any atom is -0.360 e. The van der Waals surface area contributed by atoms with E-state index >= 15 is 0 Å². The second kappa shape index (κ2) is 5.85. The molecule has 0 amide bonds. The van der Waals surface area contributed by atoms with Crippen LogP contribution >= 0.6 is 0 Å². The molecule has 0 unspecified atom stereocenters. The van der Waals surface area contributed by atoms with Gasteiger partial charge in [-0.2, -0.15) is 0 Å². The molecule has 3 nitrogen and oxygen atoms in total. The Hall–Kier alpha value is 0.0969. The van der Waals surface area contributed by atoms with E-state index in [4.69, 9.17) is 9.47 Å². The normalized spacial score (nSPS) is 11.4. The molecule has 2 radical (unpaired) electrons. The summed E-state index contributed by atoms with van der Waals surface area (Å²) in [5.41, 5.74) is 0. The average molecular weight is 161 g/mol. The molecule has 0 heterocycles. The largest absolute Gasteiger partial charge is 0.360 e. The second-order valence-corrected chi connectivity index (χ2v) is 3.44. The molecule has 0 atom stereocenters. The van der Waals surface area contributed by atoms with Gasteiger partial charge in [0.15, 0.2) is 0 Å². The van der Waals surface area contributed by atoms with Crippen molar-refractivity contribution in [2.45, 2.75) is 5.91 Å². The highest BCUT2D eigenvalue weighted by Gasteiger charge is 2.05. The Balaban J connectivity index is 3.26. The number of methoxy groups -OCH3 is 2. The summed E-state index contributed by atoms with van der Waals surface area (Å²) in [5, 5.41) is 0. The topological polar surface area (TPSA) is 21.7 Å². The van der Waals surface area contributed by atoms with Crippen LogP contribution in [-0.2, 0) is 9.47 Å². The van der Waals surface area contributed by atoms with Gasteiger partial charge in [0.25, 0.3) is 0 Å². The van der Waals surface area contributed by atoms with Crippen LogP contribution in [0.3, 0.4) is 0 Å². The van der Waals surface area contributed by atoms with E-state index in [0.29, 0.717) is 9.52 Å². The number of ether oxygens (including phenoxy) is 2. The Morgan fingerprint density at radius 3 is 2.10 bits per heavy atom. The van der Waals surface area contributed by atoms with E-state index in [0.717, 1.165) is 6.17 Å². The molecule has 60 valence electrons. The van der Waals surface area contributed by atoms with Gasteiger partial charge in [0.1, 0.15) is 15.4 Å². The van der Waals surface area contributed by atoms with Gasteiger partial charge in [0.05, 0.1) is 0 Å². The lowest BCUT2D eigenvalue weighted by Gasteiger charge is -2.14. The van der Waals surface area contributed by atoms with E-state index in [-0.39, 0.29) is 5.91 Å². The zero-order valence-electron chi connectivity index (χ0n) is 7.05. The van der Waals surface area contributed by atoms with Gasteiger partial charge in [-0.3, -0.25) is 0 Å². The Morgan fingerprint density at radius 1 is 1.30 bits per heavy atom. The monoisotopic (exact) mass is 161 g/mol. The van der Waals surface area contributed by atoms with Gasteiger partial charge in [0, 0.05) is 14.2 Å². The maximum absolute atomic E-state index is 5.01. The Labute approximate surface area is 65.1 Å². The van der Waals surface area contributed by atoms with Crippen LogP contribution < -0.4 is 0 Å². The highest BCUT2D eigenvalue weighted by atomic mass is 28.2. The zero-order chi connectivity index (χ0) is 7.98. The third-order valence-electron chi connectivity index (χ3n) is 1.00. The van der Waals surface area contributed by atoms with Crippen molar-refractivity contribution >= 4 is 9.52 Å². The van der Waals surface area contributed by atoms with Crippen molar-refractivity contribution in [2.24, 2.45) is 0 Å². The lowest BCUT2D eigenvalue weighted by atomic mass is 11.0. The summed E-state index contributed by atoms with van der Waals surface area (Å²) >= 11 is 0. The van der Waals surface area contributed by atoms with Crippen LogP contribution in [0.4, 0.5) is 0 Å². The van der Waals surface area contributed by atoms with Crippen molar-refractivity contribution in [3.8, 4) is 0 Å². The Kier molecular flexibility index (Phi) is 5.91. The van der Waals surface area contributed by atoms with Crippen LogP contribution in [0, 0.1) is 0 Å². The number of hydrogen-bond donors (Lipinski definition) is 0. The lowest BCUT2D eigenvalue weighted by molar-refractivity contribution is -0.0446. The third kappa shape index (κ3) is 4.93. The minimum absolute atomic E-state index is 0.0256. The summed E-state index contributed by atoms with van der Waals surface area (Å²) in [5.74, 6) is -0.0256. The Morgan fingerprint density at radius 2 is 1.80 bits per heavy atom. The van der Waals surface area contributed by atoms with Crippen LogP contribution in [0.2, 0.25) is 0 Å². The van der Waals surface area contributed by atoms with Crippen molar-refractivity contribution in [1.82, 2.24) is 4.90 Å². The van der Waals surface area contributed by atoms with Crippen molar-refractivity contribution in [2.75, 3.05) is 34.5 Å². The van der Waals surface area contributed by atoms with E-state index in [1.54, 1.807) is 14.2 Å². The highest BCUT2D eigenvalue weighted by Crippen LogP contribution is 1.87. The average Bonchev–Trinajstić information content (AvgIpc) is 1.90. The molecule has 0 saturated heterocycles. The molecule has 0 spiro atoms. The fraction of sp³-hybridized carbons (Fsp3) is 1.00. The van der Waals surface area contributed by atoms with Gasteiger partial charge in [-0.1, -0.05) is 0 Å². The fourth-order valence-corrected chi connectivity index (χ4v) is 1.37. The summed E-state index contributed by atoms with van der Waals surface area (Å²) < 4.78 is 10.0. The second-order valence-electron chi connectivity index (χ2n) is 2.25. The standard InChI is InChI=1S/C6H15NO2Si/c1-7(2)5-10-6(8-3)9-4/h6H,5H2,1-4H3. The Bertz CT molecular complexity index is 76.1. The number of hydrogen-bond acceptors (Lipinski definition) is 3. The van der Waals surface area contributed by atoms with E-state index in [9.17, 15) is 0 Å². The van der Waals surface area contributed by atoms with Gasteiger partial charge in [-0.25, -0.2) is 0 Å². The van der Waals surface area contributed by atoms with Gasteiger partial charge < -0.3 is 14.4 Å². The summed E-state index contributed by atoms with van der Waals surface area (Å²) in [7, 11) is 8.09. The SMILES string of the molecule is COC(OC)[Si]CN(C)C.